The van der Waals surface area contributed by atoms with Crippen LogP contribution in [-0.2, 0) is 0 Å². The van der Waals surface area contributed by atoms with Crippen molar-refractivity contribution in [1.82, 2.24) is 4.98 Å². The molecule has 1 aromatic heterocycles. The molecule has 0 bridgehead atoms. The van der Waals surface area contributed by atoms with Gasteiger partial charge in [0.25, 0.3) is 0 Å². The summed E-state index contributed by atoms with van der Waals surface area (Å²) in [6.07, 6.45) is 4.85. The maximum atomic E-state index is 4.12. The predicted octanol–water partition coefficient (Wildman–Crippen LogP) is 2.72. The fourth-order valence-electron chi connectivity index (χ4n) is 1.92. The molecule has 15 heavy (non-hydrogen) atoms. The average Bonchev–Trinajstić information content (AvgIpc) is 2.38. The Morgan fingerprint density at radius 3 is 2.87 bits per heavy atom. The summed E-state index contributed by atoms with van der Waals surface area (Å²) < 4.78 is 0. The molecule has 0 saturated heterocycles. The number of pyridine rings is 1. The minimum atomic E-state index is 0.284. The predicted molar refractivity (Wildman–Crippen MR) is 64.2 cm³/mol. The second-order valence-electron chi connectivity index (χ2n) is 5.20. The van der Waals surface area contributed by atoms with Crippen molar-refractivity contribution in [3.05, 3.63) is 18.5 Å². The molecule has 2 heterocycles. The zero-order chi connectivity index (χ0) is 10.9. The molecule has 2 rings (SSSR count). The monoisotopic (exact) mass is 205 g/mol. The van der Waals surface area contributed by atoms with Crippen LogP contribution in [0.15, 0.2) is 18.5 Å². The maximum Gasteiger partial charge on any atom is 0.0762 e. The number of fused-ring (bicyclic) bond motifs is 1. The highest BCUT2D eigenvalue weighted by Gasteiger charge is 2.26. The van der Waals surface area contributed by atoms with Gasteiger partial charge in [-0.25, -0.2) is 0 Å². The Bertz CT molecular complexity index is 341. The lowest BCUT2D eigenvalue weighted by Gasteiger charge is -2.31. The first-order chi connectivity index (χ1) is 7.07. The van der Waals surface area contributed by atoms with Crippen LogP contribution in [-0.4, -0.2) is 17.6 Å². The van der Waals surface area contributed by atoms with Crippen molar-refractivity contribution in [3.8, 4) is 0 Å². The standard InChI is InChI=1S/C12H19N3/c1-12(2,3)11-5-7-14-10-8-13-6-4-9(10)15-11/h4,6,8,11,14-15H,5,7H2,1-3H3. The van der Waals surface area contributed by atoms with Gasteiger partial charge in [0, 0.05) is 18.8 Å². The average molecular weight is 205 g/mol. The minimum absolute atomic E-state index is 0.284. The number of hydrogen-bond donors (Lipinski definition) is 2. The minimum Gasteiger partial charge on any atom is -0.382 e. The summed E-state index contributed by atoms with van der Waals surface area (Å²) in [4.78, 5) is 4.12. The number of anilines is 2. The summed E-state index contributed by atoms with van der Waals surface area (Å²) in [7, 11) is 0. The van der Waals surface area contributed by atoms with Gasteiger partial charge in [-0.2, -0.15) is 0 Å². The summed E-state index contributed by atoms with van der Waals surface area (Å²) >= 11 is 0. The quantitative estimate of drug-likeness (QED) is 0.683. The van der Waals surface area contributed by atoms with E-state index < -0.39 is 0 Å². The van der Waals surface area contributed by atoms with Gasteiger partial charge < -0.3 is 10.6 Å². The molecule has 0 fully saturated rings. The van der Waals surface area contributed by atoms with Crippen molar-refractivity contribution in [2.24, 2.45) is 5.41 Å². The maximum absolute atomic E-state index is 4.12. The second kappa shape index (κ2) is 3.72. The zero-order valence-electron chi connectivity index (χ0n) is 9.67. The Hall–Kier alpha value is -1.25. The van der Waals surface area contributed by atoms with E-state index in [0.717, 1.165) is 18.7 Å². The molecule has 82 valence electrons. The largest absolute Gasteiger partial charge is 0.382 e. The number of rotatable bonds is 0. The van der Waals surface area contributed by atoms with E-state index in [2.05, 4.69) is 36.4 Å². The molecule has 0 saturated carbocycles. The van der Waals surface area contributed by atoms with Gasteiger partial charge in [-0.15, -0.1) is 0 Å². The molecule has 3 nitrogen and oxygen atoms in total. The molecular formula is C12H19N3. The van der Waals surface area contributed by atoms with Crippen LogP contribution in [0.1, 0.15) is 27.2 Å². The summed E-state index contributed by atoms with van der Waals surface area (Å²) in [5.41, 5.74) is 2.57. The van der Waals surface area contributed by atoms with Crippen LogP contribution in [0.25, 0.3) is 0 Å². The van der Waals surface area contributed by atoms with Gasteiger partial charge in [-0.05, 0) is 17.9 Å². The van der Waals surface area contributed by atoms with E-state index >= 15 is 0 Å². The van der Waals surface area contributed by atoms with Crippen molar-refractivity contribution in [1.29, 1.82) is 0 Å². The van der Waals surface area contributed by atoms with Crippen LogP contribution in [0.3, 0.4) is 0 Å². The first kappa shape index (κ1) is 10.3. The third-order valence-corrected chi connectivity index (χ3v) is 2.94. The van der Waals surface area contributed by atoms with E-state index in [1.165, 1.54) is 5.69 Å². The van der Waals surface area contributed by atoms with Crippen LogP contribution in [0.4, 0.5) is 11.4 Å². The van der Waals surface area contributed by atoms with E-state index in [9.17, 15) is 0 Å². The van der Waals surface area contributed by atoms with Gasteiger partial charge >= 0.3 is 0 Å². The lowest BCUT2D eigenvalue weighted by atomic mass is 9.85. The van der Waals surface area contributed by atoms with Crippen LogP contribution in [0.5, 0.6) is 0 Å². The van der Waals surface area contributed by atoms with Gasteiger partial charge in [0.2, 0.25) is 0 Å². The van der Waals surface area contributed by atoms with Crippen molar-refractivity contribution < 1.29 is 0 Å². The molecule has 0 amide bonds. The molecule has 1 aliphatic rings. The highest BCUT2D eigenvalue weighted by Crippen LogP contribution is 2.31. The molecule has 3 heteroatoms. The second-order valence-corrected chi connectivity index (χ2v) is 5.20. The van der Waals surface area contributed by atoms with E-state index in [4.69, 9.17) is 0 Å². The third-order valence-electron chi connectivity index (χ3n) is 2.94. The normalized spacial score (nSPS) is 20.9. The number of nitrogens with zero attached hydrogens (tertiary/aromatic N) is 1. The fraction of sp³-hybridized carbons (Fsp3) is 0.583. The smallest absolute Gasteiger partial charge is 0.0762 e. The van der Waals surface area contributed by atoms with Gasteiger partial charge in [0.05, 0.1) is 17.6 Å². The van der Waals surface area contributed by atoms with Crippen molar-refractivity contribution in [2.75, 3.05) is 17.2 Å². The molecule has 2 N–H and O–H groups in total. The van der Waals surface area contributed by atoms with Crippen molar-refractivity contribution >= 4 is 11.4 Å². The van der Waals surface area contributed by atoms with Crippen molar-refractivity contribution in [2.45, 2.75) is 33.2 Å². The van der Waals surface area contributed by atoms with E-state index in [1.807, 2.05) is 18.5 Å². The number of hydrogen-bond acceptors (Lipinski definition) is 3. The molecule has 1 aliphatic heterocycles. The summed E-state index contributed by atoms with van der Waals surface area (Å²) in [6.45, 7) is 7.83. The fourth-order valence-corrected chi connectivity index (χ4v) is 1.92. The lowest BCUT2D eigenvalue weighted by molar-refractivity contribution is 0.332. The first-order valence-electron chi connectivity index (χ1n) is 5.52. The highest BCUT2D eigenvalue weighted by molar-refractivity contribution is 5.68. The van der Waals surface area contributed by atoms with E-state index in [-0.39, 0.29) is 5.41 Å². The molecule has 1 unspecified atom stereocenters. The Kier molecular flexibility index (Phi) is 2.55. The van der Waals surface area contributed by atoms with Crippen LogP contribution >= 0.6 is 0 Å². The lowest BCUT2D eigenvalue weighted by Crippen LogP contribution is -2.34. The Labute approximate surface area is 91.3 Å². The Morgan fingerprint density at radius 1 is 1.33 bits per heavy atom. The molecule has 1 atom stereocenters. The van der Waals surface area contributed by atoms with E-state index in [0.29, 0.717) is 6.04 Å². The molecule has 0 spiro atoms. The molecule has 0 aliphatic carbocycles. The Morgan fingerprint density at radius 2 is 2.13 bits per heavy atom. The summed E-state index contributed by atoms with van der Waals surface area (Å²) in [5, 5.41) is 7.00. The molecule has 0 radical (unpaired) electrons. The summed E-state index contributed by atoms with van der Waals surface area (Å²) in [5.74, 6) is 0. The highest BCUT2D eigenvalue weighted by atomic mass is 15.0. The Balaban J connectivity index is 2.25. The van der Waals surface area contributed by atoms with E-state index in [1.54, 1.807) is 0 Å². The van der Waals surface area contributed by atoms with Crippen molar-refractivity contribution in [3.63, 3.8) is 0 Å². The first-order valence-corrected chi connectivity index (χ1v) is 5.52. The van der Waals surface area contributed by atoms with Gasteiger partial charge in [-0.1, -0.05) is 20.8 Å². The van der Waals surface area contributed by atoms with Crippen LogP contribution in [0, 0.1) is 5.41 Å². The van der Waals surface area contributed by atoms with Crippen LogP contribution < -0.4 is 10.6 Å². The van der Waals surface area contributed by atoms with Gasteiger partial charge in [-0.3, -0.25) is 4.98 Å². The topological polar surface area (TPSA) is 37.0 Å². The molecule has 1 aromatic rings. The SMILES string of the molecule is CC(C)(C)C1CCNc2cnccc2N1. The van der Waals surface area contributed by atoms with Gasteiger partial charge in [0.1, 0.15) is 0 Å². The number of aromatic nitrogens is 1. The van der Waals surface area contributed by atoms with Gasteiger partial charge in [0.15, 0.2) is 0 Å². The third kappa shape index (κ3) is 2.22. The molecule has 0 aromatic carbocycles. The van der Waals surface area contributed by atoms with Crippen LogP contribution in [0.2, 0.25) is 0 Å². The summed E-state index contributed by atoms with van der Waals surface area (Å²) in [6, 6.07) is 2.54. The molecular weight excluding hydrogens is 186 g/mol. The number of nitrogens with one attached hydrogen (secondary N) is 2. The zero-order valence-corrected chi connectivity index (χ0v) is 9.67.